The Kier molecular flexibility index (Phi) is 5.38. The van der Waals surface area contributed by atoms with Gasteiger partial charge in [-0.15, -0.1) is 0 Å². The van der Waals surface area contributed by atoms with Gasteiger partial charge in [-0.05, 0) is 44.0 Å². The molecule has 124 valence electrons. The number of phenolic OH excluding ortho intramolecular Hbond substituents is 1. The van der Waals surface area contributed by atoms with Crippen LogP contribution < -0.4 is 10.3 Å². The summed E-state index contributed by atoms with van der Waals surface area (Å²) in [6, 6.07) is 8.50. The lowest BCUT2D eigenvalue weighted by Gasteiger charge is -2.08. The number of aromatic nitrogens is 1. The summed E-state index contributed by atoms with van der Waals surface area (Å²) in [4.78, 5) is 12.3. The molecular weight excluding hydrogens is 306 g/mol. The van der Waals surface area contributed by atoms with Gasteiger partial charge in [0.25, 0.3) is 5.56 Å². The van der Waals surface area contributed by atoms with Crippen molar-refractivity contribution in [2.24, 2.45) is 5.10 Å². The molecule has 0 fully saturated rings. The lowest BCUT2D eigenvalue weighted by atomic mass is 10.1. The van der Waals surface area contributed by atoms with E-state index in [0.29, 0.717) is 29.2 Å². The van der Waals surface area contributed by atoms with Crippen molar-refractivity contribution in [1.82, 2.24) is 4.68 Å². The smallest absolute Gasteiger partial charge is 0.289 e. The molecule has 6 heteroatoms. The fraction of sp³-hybridized carbons (Fsp3) is 0.278. The maximum atomic E-state index is 12.3. The molecule has 1 aromatic carbocycles. The van der Waals surface area contributed by atoms with Gasteiger partial charge in [-0.2, -0.15) is 10.4 Å². The SMILES string of the molecule is CCCOc1ccc(/C=N/n2c(C)cc(C)c(C#N)c2=O)c(O)c1. The summed E-state index contributed by atoms with van der Waals surface area (Å²) in [7, 11) is 0. The average molecular weight is 325 g/mol. The topological polar surface area (TPSA) is 87.6 Å². The number of nitrogens with zero attached hydrogens (tertiary/aromatic N) is 3. The molecule has 2 rings (SSSR count). The van der Waals surface area contributed by atoms with Gasteiger partial charge in [-0.1, -0.05) is 6.92 Å². The third-order valence-corrected chi connectivity index (χ3v) is 3.46. The minimum Gasteiger partial charge on any atom is -0.507 e. The molecule has 0 atom stereocenters. The Morgan fingerprint density at radius 3 is 2.75 bits per heavy atom. The fourth-order valence-corrected chi connectivity index (χ4v) is 2.22. The molecule has 0 bridgehead atoms. The van der Waals surface area contributed by atoms with Gasteiger partial charge in [0.2, 0.25) is 0 Å². The molecule has 0 aliphatic carbocycles. The molecule has 6 nitrogen and oxygen atoms in total. The molecule has 1 aromatic heterocycles. The van der Waals surface area contributed by atoms with Crippen molar-refractivity contribution < 1.29 is 9.84 Å². The number of phenols is 1. The third-order valence-electron chi connectivity index (χ3n) is 3.46. The van der Waals surface area contributed by atoms with Gasteiger partial charge in [-0.25, -0.2) is 4.68 Å². The van der Waals surface area contributed by atoms with E-state index in [2.05, 4.69) is 5.10 Å². The Hall–Kier alpha value is -3.07. The molecule has 0 aliphatic rings. The van der Waals surface area contributed by atoms with Crippen molar-refractivity contribution in [1.29, 1.82) is 5.26 Å². The van der Waals surface area contributed by atoms with Crippen molar-refractivity contribution in [3.63, 3.8) is 0 Å². The molecule has 24 heavy (non-hydrogen) atoms. The van der Waals surface area contributed by atoms with Crippen LogP contribution in [0, 0.1) is 25.2 Å². The first kappa shape index (κ1) is 17.3. The second-order valence-electron chi connectivity index (χ2n) is 5.39. The van der Waals surface area contributed by atoms with E-state index in [1.807, 2.05) is 13.0 Å². The van der Waals surface area contributed by atoms with Gasteiger partial charge in [0.1, 0.15) is 23.1 Å². The van der Waals surface area contributed by atoms with E-state index in [0.717, 1.165) is 11.1 Å². The second kappa shape index (κ2) is 7.47. The van der Waals surface area contributed by atoms with Gasteiger partial charge in [-0.3, -0.25) is 4.79 Å². The van der Waals surface area contributed by atoms with Crippen molar-refractivity contribution in [2.75, 3.05) is 6.61 Å². The first-order chi connectivity index (χ1) is 11.5. The Morgan fingerprint density at radius 1 is 1.38 bits per heavy atom. The maximum Gasteiger partial charge on any atom is 0.289 e. The molecule has 0 saturated heterocycles. The van der Waals surface area contributed by atoms with Crippen LogP contribution in [0.25, 0.3) is 0 Å². The highest BCUT2D eigenvalue weighted by Gasteiger charge is 2.09. The van der Waals surface area contributed by atoms with E-state index in [4.69, 9.17) is 10.00 Å². The monoisotopic (exact) mass is 325 g/mol. The van der Waals surface area contributed by atoms with E-state index in [1.54, 1.807) is 32.0 Å². The molecule has 0 saturated carbocycles. The predicted octanol–water partition coefficient (Wildman–Crippen LogP) is 2.71. The van der Waals surface area contributed by atoms with Crippen molar-refractivity contribution >= 4 is 6.21 Å². The number of hydrogen-bond acceptors (Lipinski definition) is 5. The number of benzene rings is 1. The van der Waals surface area contributed by atoms with Gasteiger partial charge in [0.05, 0.1) is 12.8 Å². The highest BCUT2D eigenvalue weighted by Crippen LogP contribution is 2.22. The summed E-state index contributed by atoms with van der Waals surface area (Å²) in [5.41, 5.74) is 1.25. The number of rotatable bonds is 5. The molecule has 1 N–H and O–H groups in total. The van der Waals surface area contributed by atoms with Gasteiger partial charge in [0.15, 0.2) is 0 Å². The van der Waals surface area contributed by atoms with Gasteiger partial charge >= 0.3 is 0 Å². The zero-order valence-electron chi connectivity index (χ0n) is 13.9. The van der Waals surface area contributed by atoms with E-state index in [9.17, 15) is 9.90 Å². The second-order valence-corrected chi connectivity index (χ2v) is 5.39. The van der Waals surface area contributed by atoms with Crippen LogP contribution in [0.1, 0.15) is 35.7 Å². The number of pyridine rings is 1. The highest BCUT2D eigenvalue weighted by atomic mass is 16.5. The number of hydrogen-bond donors (Lipinski definition) is 1. The van der Waals surface area contributed by atoms with Gasteiger partial charge < -0.3 is 9.84 Å². The Balaban J connectivity index is 2.36. The standard InChI is InChI=1S/C18H19N3O3/c1-4-7-24-15-6-5-14(17(22)9-15)11-20-21-13(3)8-12(2)16(10-19)18(21)23/h5-6,8-9,11,22H,4,7H2,1-3H3/b20-11+. The van der Waals surface area contributed by atoms with Crippen LogP contribution in [0.5, 0.6) is 11.5 Å². The Labute approximate surface area is 140 Å². The first-order valence-corrected chi connectivity index (χ1v) is 7.61. The molecule has 1 heterocycles. The number of aromatic hydroxyl groups is 1. The fourth-order valence-electron chi connectivity index (χ4n) is 2.22. The van der Waals surface area contributed by atoms with Crippen molar-refractivity contribution in [3.8, 4) is 17.6 Å². The van der Waals surface area contributed by atoms with Crippen LogP contribution in [0.2, 0.25) is 0 Å². The molecule has 2 aromatic rings. The van der Waals surface area contributed by atoms with Gasteiger partial charge in [0, 0.05) is 17.3 Å². The van der Waals surface area contributed by atoms with E-state index in [1.165, 1.54) is 12.3 Å². The summed E-state index contributed by atoms with van der Waals surface area (Å²) in [6.07, 6.45) is 2.25. The Bertz CT molecular complexity index is 876. The van der Waals surface area contributed by atoms with Crippen LogP contribution in [0.4, 0.5) is 0 Å². The third kappa shape index (κ3) is 3.63. The molecule has 0 unspecified atom stereocenters. The minimum absolute atomic E-state index is 0.00525. The zero-order valence-corrected chi connectivity index (χ0v) is 13.9. The number of nitriles is 1. The first-order valence-electron chi connectivity index (χ1n) is 7.61. The highest BCUT2D eigenvalue weighted by molar-refractivity contribution is 5.83. The van der Waals surface area contributed by atoms with E-state index >= 15 is 0 Å². The summed E-state index contributed by atoms with van der Waals surface area (Å²) in [5, 5.41) is 23.2. The Morgan fingerprint density at radius 2 is 2.12 bits per heavy atom. The molecule has 0 spiro atoms. The number of aryl methyl sites for hydroxylation is 2. The summed E-state index contributed by atoms with van der Waals surface area (Å²) >= 11 is 0. The maximum absolute atomic E-state index is 12.3. The molecular formula is C18H19N3O3. The van der Waals surface area contributed by atoms with Crippen molar-refractivity contribution in [2.45, 2.75) is 27.2 Å². The molecule has 0 radical (unpaired) electrons. The lowest BCUT2D eigenvalue weighted by Crippen LogP contribution is -2.22. The van der Waals surface area contributed by atoms with E-state index < -0.39 is 5.56 Å². The summed E-state index contributed by atoms with van der Waals surface area (Å²) in [6.45, 7) is 6.01. The summed E-state index contributed by atoms with van der Waals surface area (Å²) in [5.74, 6) is 0.577. The van der Waals surface area contributed by atoms with Crippen LogP contribution in [-0.4, -0.2) is 22.6 Å². The van der Waals surface area contributed by atoms with Crippen LogP contribution >= 0.6 is 0 Å². The summed E-state index contributed by atoms with van der Waals surface area (Å²) < 4.78 is 6.59. The zero-order chi connectivity index (χ0) is 17.7. The minimum atomic E-state index is -0.478. The quantitative estimate of drug-likeness (QED) is 0.856. The van der Waals surface area contributed by atoms with Crippen LogP contribution in [0.3, 0.4) is 0 Å². The molecule has 0 aliphatic heterocycles. The van der Waals surface area contributed by atoms with E-state index in [-0.39, 0.29) is 11.3 Å². The predicted molar refractivity (Wildman–Crippen MR) is 91.8 cm³/mol. The lowest BCUT2D eigenvalue weighted by molar-refractivity contribution is 0.315. The van der Waals surface area contributed by atoms with Crippen LogP contribution in [0.15, 0.2) is 34.2 Å². The average Bonchev–Trinajstić information content (AvgIpc) is 2.54. The molecule has 0 amide bonds. The largest absolute Gasteiger partial charge is 0.507 e. The number of ether oxygens (including phenoxy) is 1. The van der Waals surface area contributed by atoms with Crippen LogP contribution in [-0.2, 0) is 0 Å². The van der Waals surface area contributed by atoms with Crippen molar-refractivity contribution in [3.05, 3.63) is 57.0 Å². The normalized spacial score (nSPS) is 10.8.